The highest BCUT2D eigenvalue weighted by molar-refractivity contribution is 6.31. The molecule has 0 fully saturated rings. The number of nitrogen functional groups attached to an aromatic ring is 2. The third-order valence-corrected chi connectivity index (χ3v) is 8.86. The van der Waals surface area contributed by atoms with Gasteiger partial charge in [-0.3, -0.25) is 20.0 Å². The third-order valence-electron chi connectivity index (χ3n) is 8.58. The van der Waals surface area contributed by atoms with E-state index in [-0.39, 0.29) is 61.3 Å². The number of carbonyl (C=O) groups is 1. The molecule has 0 unspecified atom stereocenters. The molecular weight excluding hydrogens is 748 g/mol. The van der Waals surface area contributed by atoms with Crippen LogP contribution in [0, 0.1) is 0 Å². The van der Waals surface area contributed by atoms with E-state index in [4.69, 9.17) is 52.5 Å². The van der Waals surface area contributed by atoms with E-state index in [1.807, 2.05) is 24.3 Å². The number of halogens is 1. The van der Waals surface area contributed by atoms with Gasteiger partial charge in [0.2, 0.25) is 0 Å². The summed E-state index contributed by atoms with van der Waals surface area (Å²) in [5.41, 5.74) is 17.9. The number of anilines is 2. The number of amides is 1. The number of aliphatic hydroxyl groups excluding tert-OH is 6. The molecule has 0 radical (unpaired) electrons. The van der Waals surface area contributed by atoms with Crippen molar-refractivity contribution in [2.45, 2.75) is 68.1 Å². The molecule has 0 saturated carbocycles. The Balaban J connectivity index is 1.98. The van der Waals surface area contributed by atoms with Crippen LogP contribution >= 0.6 is 11.6 Å². The Labute approximate surface area is 325 Å². The Morgan fingerprint density at radius 1 is 0.891 bits per heavy atom. The van der Waals surface area contributed by atoms with Gasteiger partial charge < -0.3 is 71.5 Å². The topological polar surface area (TPSA) is 316 Å². The van der Waals surface area contributed by atoms with Crippen LogP contribution in [0.1, 0.15) is 28.9 Å². The highest BCUT2D eigenvalue weighted by atomic mass is 35.5. The summed E-state index contributed by atoms with van der Waals surface area (Å²) in [5.74, 6) is -0.550. The van der Waals surface area contributed by atoms with Crippen molar-refractivity contribution in [2.24, 2.45) is 10.7 Å². The Morgan fingerprint density at radius 3 is 2.15 bits per heavy atom. The molecule has 13 N–H and O–H groups in total. The van der Waals surface area contributed by atoms with Crippen LogP contribution in [-0.2, 0) is 25.4 Å². The first-order valence-corrected chi connectivity index (χ1v) is 17.8. The van der Waals surface area contributed by atoms with E-state index >= 15 is 0 Å². The number of unbranched alkanes of at least 4 members (excludes halogenated alkanes) is 1. The van der Waals surface area contributed by atoms with E-state index in [2.05, 4.69) is 20.3 Å². The van der Waals surface area contributed by atoms with Gasteiger partial charge in [-0.05, 0) is 37.0 Å². The Morgan fingerprint density at radius 2 is 1.55 bits per heavy atom. The minimum atomic E-state index is -1.81. The van der Waals surface area contributed by atoms with Crippen molar-refractivity contribution in [1.82, 2.24) is 20.2 Å². The second-order valence-corrected chi connectivity index (χ2v) is 12.9. The number of nitrogens with two attached hydrogens (primary N) is 3. The maximum atomic E-state index is 12.4. The van der Waals surface area contributed by atoms with Crippen LogP contribution in [0.15, 0.2) is 29.3 Å². The largest absolute Gasteiger partial charge is 0.492 e. The van der Waals surface area contributed by atoms with Gasteiger partial charge in [0.25, 0.3) is 5.91 Å². The molecule has 2 aromatic rings. The number of carbonyl (C=O) groups excluding carboxylic acids is 1. The van der Waals surface area contributed by atoms with Gasteiger partial charge in [0.05, 0.1) is 25.4 Å². The van der Waals surface area contributed by atoms with E-state index in [0.29, 0.717) is 18.7 Å². The van der Waals surface area contributed by atoms with Gasteiger partial charge in [0.1, 0.15) is 49.0 Å². The van der Waals surface area contributed by atoms with E-state index in [1.165, 1.54) is 28.4 Å². The molecule has 0 bridgehead atoms. The van der Waals surface area contributed by atoms with Crippen molar-refractivity contribution < 1.29 is 59.1 Å². The monoisotopic (exact) mass is 804 g/mol. The Kier molecular flexibility index (Phi) is 21.6. The molecule has 1 aromatic heterocycles. The summed E-state index contributed by atoms with van der Waals surface area (Å²) in [7, 11) is 5.74. The second-order valence-electron chi connectivity index (χ2n) is 12.6. The molecule has 20 nitrogen and oxygen atoms in total. The lowest BCUT2D eigenvalue weighted by Crippen LogP contribution is -2.55. The van der Waals surface area contributed by atoms with Gasteiger partial charge in [-0.2, -0.15) is 0 Å². The number of aliphatic hydroxyl groups is 6. The number of benzene rings is 1. The molecule has 55 heavy (non-hydrogen) atoms. The Bertz CT molecular complexity index is 1450. The van der Waals surface area contributed by atoms with Gasteiger partial charge in [-0.25, -0.2) is 9.97 Å². The first-order chi connectivity index (χ1) is 26.2. The molecule has 21 heteroatoms. The normalized spacial score (nSPS) is 16.5. The van der Waals surface area contributed by atoms with Gasteiger partial charge >= 0.3 is 0 Å². The van der Waals surface area contributed by atoms with Gasteiger partial charge in [0, 0.05) is 54.6 Å². The number of hydrogen-bond donors (Lipinski definition) is 10. The van der Waals surface area contributed by atoms with Crippen molar-refractivity contribution in [1.29, 1.82) is 0 Å². The van der Waals surface area contributed by atoms with Gasteiger partial charge in [0.15, 0.2) is 28.4 Å². The fourth-order valence-corrected chi connectivity index (χ4v) is 5.67. The molecule has 2 rings (SSSR count). The lowest BCUT2D eigenvalue weighted by atomic mass is 10.0. The van der Waals surface area contributed by atoms with Gasteiger partial charge in [-0.1, -0.05) is 23.7 Å². The van der Waals surface area contributed by atoms with Crippen LogP contribution in [0.3, 0.4) is 0 Å². The summed E-state index contributed by atoms with van der Waals surface area (Å²) >= 11 is 5.82. The lowest BCUT2D eigenvalue weighted by Gasteiger charge is -2.37. The minimum absolute atomic E-state index is 0.0257. The maximum absolute atomic E-state index is 12.4. The number of nitrogens with one attached hydrogen (secondary N) is 1. The summed E-state index contributed by atoms with van der Waals surface area (Å²) in [6, 6.07) is 7.47. The molecule has 0 aliphatic carbocycles. The smallest absolute Gasteiger partial charge is 0.280 e. The summed E-state index contributed by atoms with van der Waals surface area (Å²) < 4.78 is 27.9. The average Bonchev–Trinajstić information content (AvgIpc) is 3.16. The van der Waals surface area contributed by atoms with Crippen LogP contribution < -0.4 is 27.3 Å². The third kappa shape index (κ3) is 15.5. The van der Waals surface area contributed by atoms with Crippen molar-refractivity contribution in [2.75, 3.05) is 85.9 Å². The lowest BCUT2D eigenvalue weighted by molar-refractivity contribution is -0.157. The summed E-state index contributed by atoms with van der Waals surface area (Å²) in [6.07, 6.45) is -8.01. The number of aromatic nitrogens is 2. The molecule has 8 atom stereocenters. The first kappa shape index (κ1) is 47.6. The summed E-state index contributed by atoms with van der Waals surface area (Å²) in [4.78, 5) is 25.8. The zero-order valence-corrected chi connectivity index (χ0v) is 32.3. The van der Waals surface area contributed by atoms with E-state index in [0.717, 1.165) is 18.4 Å². The summed E-state index contributed by atoms with van der Waals surface area (Å²) in [6.45, 7) is -0.239. The quantitative estimate of drug-likeness (QED) is 0.0268. The molecule has 0 spiro atoms. The van der Waals surface area contributed by atoms with Crippen molar-refractivity contribution in [3.63, 3.8) is 0 Å². The van der Waals surface area contributed by atoms with Crippen LogP contribution in [0.5, 0.6) is 5.75 Å². The second kappa shape index (κ2) is 24.9. The predicted molar refractivity (Wildman–Crippen MR) is 203 cm³/mol. The fraction of sp³-hybridized carbons (Fsp3) is 0.647. The zero-order valence-electron chi connectivity index (χ0n) is 31.5. The Hall–Kier alpha value is -3.51. The first-order valence-electron chi connectivity index (χ1n) is 17.4. The van der Waals surface area contributed by atoms with Crippen LogP contribution in [0.2, 0.25) is 5.15 Å². The molecule has 312 valence electrons. The molecule has 1 aromatic carbocycles. The fourth-order valence-electron chi connectivity index (χ4n) is 5.54. The van der Waals surface area contributed by atoms with Crippen LogP contribution in [0.25, 0.3) is 0 Å². The predicted octanol–water partition coefficient (Wildman–Crippen LogP) is -2.47. The van der Waals surface area contributed by atoms with Crippen LogP contribution in [0.4, 0.5) is 11.6 Å². The van der Waals surface area contributed by atoms with Crippen LogP contribution in [-0.4, -0.2) is 181 Å². The number of nitrogens with zero attached hydrogens (tertiary/aromatic N) is 4. The highest BCUT2D eigenvalue weighted by Gasteiger charge is 2.37. The molecule has 0 saturated heterocycles. The summed E-state index contributed by atoms with van der Waals surface area (Å²) in [5, 5.41) is 63.3. The number of aryl methyl sites for hydroxylation is 1. The maximum Gasteiger partial charge on any atom is 0.280 e. The molecular formula is C34H57ClN8O12. The SMILES string of the molecule is COC[C@@H](O)[C@@H](OC)[C@H](OC)[C@H](CN(CCOc1ccc(CCCCN=C(N)NC(=O)c2nc(Cl)c(N)nc2N)cc1)C[C@H](O)[C@@H](O)[C@H](O)[C@H](O)CO)OC. The number of ether oxygens (including phenoxy) is 5. The number of hydrogen-bond acceptors (Lipinski definition) is 18. The van der Waals surface area contributed by atoms with E-state index < -0.39 is 61.3 Å². The number of guanidine groups is 1. The van der Waals surface area contributed by atoms with Gasteiger partial charge in [-0.15, -0.1) is 0 Å². The average molecular weight is 805 g/mol. The minimum Gasteiger partial charge on any atom is -0.492 e. The van der Waals surface area contributed by atoms with E-state index in [9.17, 15) is 35.4 Å². The molecule has 0 aliphatic heterocycles. The molecule has 1 heterocycles. The number of methoxy groups -OCH3 is 4. The highest BCUT2D eigenvalue weighted by Crippen LogP contribution is 2.19. The van der Waals surface area contributed by atoms with Crippen molar-refractivity contribution in [3.05, 3.63) is 40.7 Å². The standard InChI is InChI=1S/C34H57ClN8O12/c1-51-18-23(47)28(53-3)29(54-4)24(52-2)16-43(15-21(45)26(48)27(49)22(46)17-44)13-14-55-20-10-8-19(9-11-20)7-5-6-12-39-34(38)42-33(50)25-31(36)41-32(37)30(35)40-25/h8-11,21-24,26-29,44-49H,5-7,12-18H2,1-4H3,(H4,36,37,41)(H3,38,39,42,50)/t21-,22+,23+,24-,26+,27+,28+,29+/m0/s1. The molecule has 0 aliphatic rings. The number of aliphatic imine (C=N–C) groups is 1. The molecule has 1 amide bonds. The van der Waals surface area contributed by atoms with Crippen molar-refractivity contribution in [3.8, 4) is 5.75 Å². The van der Waals surface area contributed by atoms with E-state index in [1.54, 1.807) is 4.90 Å². The number of rotatable bonds is 26. The van der Waals surface area contributed by atoms with Crippen molar-refractivity contribution >= 4 is 35.1 Å². The zero-order chi connectivity index (χ0) is 41.1.